The first kappa shape index (κ1) is 12.7. The predicted octanol–water partition coefficient (Wildman–Crippen LogP) is 3.15. The fourth-order valence-corrected chi connectivity index (χ4v) is 2.33. The van der Waals surface area contributed by atoms with Crippen LogP contribution in [-0.4, -0.2) is 6.04 Å². The highest BCUT2D eigenvalue weighted by molar-refractivity contribution is 5.11. The molecule has 0 saturated carbocycles. The summed E-state index contributed by atoms with van der Waals surface area (Å²) in [6, 6.07) is 0.406. The van der Waals surface area contributed by atoms with Gasteiger partial charge in [0.1, 0.15) is 0 Å². The van der Waals surface area contributed by atoms with Gasteiger partial charge in [0.05, 0.1) is 0 Å². The molecule has 0 fully saturated rings. The summed E-state index contributed by atoms with van der Waals surface area (Å²) in [6.07, 6.45) is 11.5. The molecule has 1 aliphatic carbocycles. The molecule has 2 nitrogen and oxygen atoms in total. The molecule has 0 spiro atoms. The minimum absolute atomic E-state index is 0.406. The Bertz CT molecular complexity index is 197. The van der Waals surface area contributed by atoms with E-state index in [-0.39, 0.29) is 0 Å². The maximum Gasteiger partial charge on any atom is 0.0422 e. The average Bonchev–Trinajstić information content (AvgIpc) is 2.14. The van der Waals surface area contributed by atoms with Gasteiger partial charge in [0.2, 0.25) is 0 Å². The number of nitrogens with two attached hydrogens (primary N) is 1. The minimum Gasteiger partial charge on any atom is -0.271 e. The molecule has 0 aromatic carbocycles. The Balaban J connectivity index is 2.54. The van der Waals surface area contributed by atoms with Crippen molar-refractivity contribution in [2.45, 2.75) is 64.8 Å². The lowest BCUT2D eigenvalue weighted by Crippen LogP contribution is -2.37. The third-order valence-electron chi connectivity index (χ3n) is 3.18. The lowest BCUT2D eigenvalue weighted by atomic mass is 9.91. The molecule has 15 heavy (non-hydrogen) atoms. The Labute approximate surface area is 94.3 Å². The van der Waals surface area contributed by atoms with Crippen molar-refractivity contribution < 1.29 is 0 Å². The van der Waals surface area contributed by atoms with Crippen LogP contribution in [0.15, 0.2) is 11.6 Å². The van der Waals surface area contributed by atoms with Crippen LogP contribution >= 0.6 is 0 Å². The molecule has 0 aromatic heterocycles. The average molecular weight is 210 g/mol. The van der Waals surface area contributed by atoms with Crippen LogP contribution in [-0.2, 0) is 0 Å². The molecule has 0 radical (unpaired) electrons. The third-order valence-corrected chi connectivity index (χ3v) is 3.18. The van der Waals surface area contributed by atoms with E-state index in [9.17, 15) is 0 Å². The van der Waals surface area contributed by atoms with Gasteiger partial charge in [-0.15, -0.1) is 0 Å². The van der Waals surface area contributed by atoms with E-state index in [4.69, 9.17) is 5.84 Å². The molecular weight excluding hydrogens is 184 g/mol. The van der Waals surface area contributed by atoms with Crippen molar-refractivity contribution >= 4 is 0 Å². The van der Waals surface area contributed by atoms with Crippen molar-refractivity contribution in [2.75, 3.05) is 0 Å². The monoisotopic (exact) mass is 210 g/mol. The second kappa shape index (κ2) is 7.02. The van der Waals surface area contributed by atoms with Crippen LogP contribution in [0.4, 0.5) is 0 Å². The quantitative estimate of drug-likeness (QED) is 0.425. The molecule has 1 unspecified atom stereocenters. The van der Waals surface area contributed by atoms with Gasteiger partial charge in [0, 0.05) is 6.04 Å². The van der Waals surface area contributed by atoms with Crippen LogP contribution in [0.25, 0.3) is 0 Å². The second-order valence-electron chi connectivity index (χ2n) is 5.08. The van der Waals surface area contributed by atoms with Crippen LogP contribution in [0.5, 0.6) is 0 Å². The van der Waals surface area contributed by atoms with Gasteiger partial charge in [-0.25, -0.2) is 0 Å². The topological polar surface area (TPSA) is 38.0 Å². The highest BCUT2D eigenvalue weighted by Gasteiger charge is 2.14. The maximum absolute atomic E-state index is 5.65. The zero-order chi connectivity index (χ0) is 11.1. The Morgan fingerprint density at radius 1 is 1.27 bits per heavy atom. The molecule has 1 aliphatic rings. The molecule has 1 atom stereocenters. The summed E-state index contributed by atoms with van der Waals surface area (Å²) in [5, 5.41) is 0. The largest absolute Gasteiger partial charge is 0.271 e. The number of hydrogen-bond donors (Lipinski definition) is 2. The van der Waals surface area contributed by atoms with Crippen LogP contribution < -0.4 is 11.3 Å². The van der Waals surface area contributed by atoms with E-state index in [0.29, 0.717) is 12.0 Å². The van der Waals surface area contributed by atoms with Crippen molar-refractivity contribution in [2.24, 2.45) is 11.8 Å². The van der Waals surface area contributed by atoms with Gasteiger partial charge in [-0.2, -0.15) is 0 Å². The van der Waals surface area contributed by atoms with Crippen LogP contribution in [0.2, 0.25) is 0 Å². The molecule has 0 bridgehead atoms. The summed E-state index contributed by atoms with van der Waals surface area (Å²) >= 11 is 0. The fraction of sp³-hybridized carbons (Fsp3) is 0.846. The molecule has 0 saturated heterocycles. The van der Waals surface area contributed by atoms with Gasteiger partial charge >= 0.3 is 0 Å². The summed E-state index contributed by atoms with van der Waals surface area (Å²) in [6.45, 7) is 4.52. The first-order chi connectivity index (χ1) is 7.24. The van der Waals surface area contributed by atoms with Gasteiger partial charge in [0.25, 0.3) is 0 Å². The van der Waals surface area contributed by atoms with Crippen LogP contribution in [0, 0.1) is 5.92 Å². The van der Waals surface area contributed by atoms with E-state index in [0.717, 1.165) is 6.42 Å². The first-order valence-electron chi connectivity index (χ1n) is 6.39. The molecule has 2 heteroatoms. The standard InChI is InChI=1S/C13H26N2/c1-11(2)10-13(15-14)12-8-6-4-3-5-7-9-12/h8,11,13,15H,3-7,9-10,14H2,1-2H3. The normalized spacial score (nSPS) is 20.7. The molecule has 0 aromatic rings. The SMILES string of the molecule is CC(C)CC(NN)C1=CCCCCCC1. The third kappa shape index (κ3) is 4.80. The summed E-state index contributed by atoms with van der Waals surface area (Å²) in [5.41, 5.74) is 4.53. The van der Waals surface area contributed by atoms with Gasteiger partial charge in [0.15, 0.2) is 0 Å². The summed E-state index contributed by atoms with van der Waals surface area (Å²) in [4.78, 5) is 0. The van der Waals surface area contributed by atoms with E-state index in [1.54, 1.807) is 5.57 Å². The van der Waals surface area contributed by atoms with Crippen LogP contribution in [0.3, 0.4) is 0 Å². The Morgan fingerprint density at radius 3 is 2.67 bits per heavy atom. The smallest absolute Gasteiger partial charge is 0.0422 e. The molecule has 0 heterocycles. The Hall–Kier alpha value is -0.340. The molecule has 0 aliphatic heterocycles. The Morgan fingerprint density at radius 2 is 2.00 bits per heavy atom. The molecule has 1 rings (SSSR count). The van der Waals surface area contributed by atoms with Crippen molar-refractivity contribution in [3.8, 4) is 0 Å². The van der Waals surface area contributed by atoms with Crippen molar-refractivity contribution in [3.63, 3.8) is 0 Å². The van der Waals surface area contributed by atoms with E-state index < -0.39 is 0 Å². The summed E-state index contributed by atoms with van der Waals surface area (Å²) in [5.74, 6) is 6.36. The fourth-order valence-electron chi connectivity index (χ4n) is 2.33. The minimum atomic E-state index is 0.406. The van der Waals surface area contributed by atoms with Crippen molar-refractivity contribution in [1.29, 1.82) is 0 Å². The first-order valence-corrected chi connectivity index (χ1v) is 6.39. The van der Waals surface area contributed by atoms with Crippen LogP contribution in [0.1, 0.15) is 58.8 Å². The molecular formula is C13H26N2. The second-order valence-corrected chi connectivity index (χ2v) is 5.08. The van der Waals surface area contributed by atoms with E-state index in [1.165, 1.54) is 38.5 Å². The Kier molecular flexibility index (Phi) is 5.96. The molecule has 3 N–H and O–H groups in total. The summed E-state index contributed by atoms with van der Waals surface area (Å²) < 4.78 is 0. The van der Waals surface area contributed by atoms with Gasteiger partial charge in [-0.1, -0.05) is 38.3 Å². The van der Waals surface area contributed by atoms with E-state index in [1.807, 2.05) is 0 Å². The maximum atomic E-state index is 5.65. The van der Waals surface area contributed by atoms with Gasteiger partial charge in [-0.3, -0.25) is 11.3 Å². The lowest BCUT2D eigenvalue weighted by Gasteiger charge is -2.23. The number of allylic oxidation sites excluding steroid dienone is 1. The number of hydrazine groups is 1. The number of rotatable bonds is 4. The van der Waals surface area contributed by atoms with Crippen molar-refractivity contribution in [3.05, 3.63) is 11.6 Å². The zero-order valence-electron chi connectivity index (χ0n) is 10.3. The van der Waals surface area contributed by atoms with Crippen molar-refractivity contribution in [1.82, 2.24) is 5.43 Å². The summed E-state index contributed by atoms with van der Waals surface area (Å²) in [7, 11) is 0. The highest BCUT2D eigenvalue weighted by Crippen LogP contribution is 2.22. The molecule has 88 valence electrons. The number of nitrogens with one attached hydrogen (secondary N) is 1. The van der Waals surface area contributed by atoms with E-state index >= 15 is 0 Å². The van der Waals surface area contributed by atoms with Gasteiger partial charge < -0.3 is 0 Å². The predicted molar refractivity (Wildman–Crippen MR) is 66.4 cm³/mol. The zero-order valence-corrected chi connectivity index (χ0v) is 10.3. The van der Waals surface area contributed by atoms with E-state index in [2.05, 4.69) is 25.3 Å². The number of hydrogen-bond acceptors (Lipinski definition) is 2. The lowest BCUT2D eigenvalue weighted by molar-refractivity contribution is 0.448. The highest BCUT2D eigenvalue weighted by atomic mass is 15.2. The molecule has 0 amide bonds. The van der Waals surface area contributed by atoms with Gasteiger partial charge in [-0.05, 0) is 38.0 Å².